The molecule has 0 unspecified atom stereocenters. The lowest BCUT2D eigenvalue weighted by atomic mass is 10.4. The van der Waals surface area contributed by atoms with Crippen LogP contribution in [-0.4, -0.2) is 9.97 Å². The molecule has 2 aromatic rings. The first kappa shape index (κ1) is 10.6. The van der Waals surface area contributed by atoms with Gasteiger partial charge in [0.05, 0.1) is 12.4 Å². The number of hydrogen-bond donors (Lipinski definition) is 0. The Hall–Kier alpha value is -0.940. The van der Waals surface area contributed by atoms with Crippen molar-refractivity contribution in [1.82, 2.24) is 9.97 Å². The third-order valence-corrected chi connectivity index (χ3v) is 2.46. The molecule has 0 saturated heterocycles. The van der Waals surface area contributed by atoms with Gasteiger partial charge in [0.1, 0.15) is 11.5 Å². The number of ether oxygens (including phenoxy) is 1. The van der Waals surface area contributed by atoms with Crippen LogP contribution in [0.3, 0.4) is 0 Å². The number of halogens is 2. The van der Waals surface area contributed by atoms with Crippen LogP contribution in [0.15, 0.2) is 45.9 Å². The minimum atomic E-state index is 0.671. The zero-order chi connectivity index (χ0) is 10.7. The van der Waals surface area contributed by atoms with Crippen LogP contribution in [0.4, 0.5) is 0 Å². The van der Waals surface area contributed by atoms with Crippen molar-refractivity contribution < 1.29 is 4.74 Å². The van der Waals surface area contributed by atoms with E-state index in [9.17, 15) is 0 Å². The second-order valence-electron chi connectivity index (χ2n) is 2.78. The van der Waals surface area contributed by atoms with Crippen LogP contribution in [0, 0.1) is 0 Å². The Morgan fingerprint density at radius 2 is 1.27 bits per heavy atom. The molecule has 0 aromatic carbocycles. The van der Waals surface area contributed by atoms with Gasteiger partial charge in [-0.25, -0.2) is 0 Å². The molecule has 0 amide bonds. The van der Waals surface area contributed by atoms with Crippen molar-refractivity contribution in [2.45, 2.75) is 0 Å². The van der Waals surface area contributed by atoms with Gasteiger partial charge in [-0.1, -0.05) is 0 Å². The van der Waals surface area contributed by atoms with Gasteiger partial charge >= 0.3 is 0 Å². The molecular formula is C10H6Br2N2O. The summed E-state index contributed by atoms with van der Waals surface area (Å²) in [6, 6.07) is 3.68. The van der Waals surface area contributed by atoms with Crippen LogP contribution in [0.5, 0.6) is 11.5 Å². The van der Waals surface area contributed by atoms with E-state index >= 15 is 0 Å². The van der Waals surface area contributed by atoms with Gasteiger partial charge in [-0.2, -0.15) is 0 Å². The van der Waals surface area contributed by atoms with E-state index in [1.165, 1.54) is 0 Å². The Balaban J connectivity index is 2.22. The Bertz CT molecular complexity index is 433. The Morgan fingerprint density at radius 3 is 1.67 bits per heavy atom. The molecule has 2 heterocycles. The fourth-order valence-corrected chi connectivity index (χ4v) is 1.72. The van der Waals surface area contributed by atoms with Crippen LogP contribution in [-0.2, 0) is 0 Å². The van der Waals surface area contributed by atoms with Gasteiger partial charge < -0.3 is 4.74 Å². The van der Waals surface area contributed by atoms with Crippen LogP contribution >= 0.6 is 31.9 Å². The molecule has 0 radical (unpaired) electrons. The third kappa shape index (κ3) is 3.00. The fourth-order valence-electron chi connectivity index (χ4n) is 1.03. The maximum absolute atomic E-state index is 5.56. The first-order valence-electron chi connectivity index (χ1n) is 4.13. The third-order valence-electron chi connectivity index (χ3n) is 1.60. The smallest absolute Gasteiger partial charge is 0.146 e. The van der Waals surface area contributed by atoms with Gasteiger partial charge in [0.15, 0.2) is 0 Å². The van der Waals surface area contributed by atoms with Crippen LogP contribution in [0.25, 0.3) is 0 Å². The van der Waals surface area contributed by atoms with Gasteiger partial charge in [-0.3, -0.25) is 9.97 Å². The zero-order valence-corrected chi connectivity index (χ0v) is 10.7. The summed E-state index contributed by atoms with van der Waals surface area (Å²) in [6.45, 7) is 0. The predicted molar refractivity (Wildman–Crippen MR) is 63.9 cm³/mol. The lowest BCUT2D eigenvalue weighted by Gasteiger charge is -2.04. The largest absolute Gasteiger partial charge is 0.454 e. The van der Waals surface area contributed by atoms with E-state index in [0.29, 0.717) is 11.5 Å². The monoisotopic (exact) mass is 328 g/mol. The van der Waals surface area contributed by atoms with Gasteiger partial charge in [0.25, 0.3) is 0 Å². The molecule has 0 fully saturated rings. The summed E-state index contributed by atoms with van der Waals surface area (Å²) < 4.78 is 7.31. The van der Waals surface area contributed by atoms with Gasteiger partial charge in [0.2, 0.25) is 0 Å². The highest BCUT2D eigenvalue weighted by Gasteiger charge is 1.99. The van der Waals surface area contributed by atoms with Gasteiger partial charge in [-0.05, 0) is 44.0 Å². The highest BCUT2D eigenvalue weighted by molar-refractivity contribution is 9.10. The minimum absolute atomic E-state index is 0.671. The highest BCUT2D eigenvalue weighted by Crippen LogP contribution is 2.24. The van der Waals surface area contributed by atoms with Crippen LogP contribution in [0.2, 0.25) is 0 Å². The molecule has 0 aliphatic rings. The van der Waals surface area contributed by atoms with Crippen molar-refractivity contribution in [3.63, 3.8) is 0 Å². The molecule has 2 rings (SSSR count). The second kappa shape index (κ2) is 4.72. The lowest BCUT2D eigenvalue weighted by Crippen LogP contribution is -1.86. The van der Waals surface area contributed by atoms with Crippen molar-refractivity contribution in [3.8, 4) is 11.5 Å². The second-order valence-corrected chi connectivity index (χ2v) is 4.61. The molecule has 0 aliphatic carbocycles. The van der Waals surface area contributed by atoms with Gasteiger partial charge in [0, 0.05) is 21.3 Å². The number of aromatic nitrogens is 2. The predicted octanol–water partition coefficient (Wildman–Crippen LogP) is 3.79. The van der Waals surface area contributed by atoms with E-state index in [2.05, 4.69) is 41.8 Å². The molecule has 0 N–H and O–H groups in total. The fraction of sp³-hybridized carbons (Fsp3) is 0. The van der Waals surface area contributed by atoms with Crippen LogP contribution < -0.4 is 4.74 Å². The van der Waals surface area contributed by atoms with E-state index in [-0.39, 0.29) is 0 Å². The number of nitrogens with zero attached hydrogens (tertiary/aromatic N) is 2. The molecule has 0 saturated carbocycles. The maximum atomic E-state index is 5.56. The standard InChI is InChI=1S/C10H6Br2N2O/c11-7-1-9(5-13-3-7)15-10-2-8(12)4-14-6-10/h1-6H. The van der Waals surface area contributed by atoms with Crippen molar-refractivity contribution in [3.05, 3.63) is 45.9 Å². The summed E-state index contributed by atoms with van der Waals surface area (Å²) in [7, 11) is 0. The number of pyridine rings is 2. The minimum Gasteiger partial charge on any atom is -0.454 e. The van der Waals surface area contributed by atoms with Crippen molar-refractivity contribution >= 4 is 31.9 Å². The zero-order valence-electron chi connectivity index (χ0n) is 7.52. The molecule has 2 aromatic heterocycles. The molecule has 0 atom stereocenters. The first-order valence-corrected chi connectivity index (χ1v) is 5.71. The van der Waals surface area contributed by atoms with E-state index in [0.717, 1.165) is 8.95 Å². The summed E-state index contributed by atoms with van der Waals surface area (Å²) >= 11 is 6.65. The summed E-state index contributed by atoms with van der Waals surface area (Å²) in [4.78, 5) is 8.00. The van der Waals surface area contributed by atoms with Gasteiger partial charge in [-0.15, -0.1) is 0 Å². The molecule has 76 valence electrons. The van der Waals surface area contributed by atoms with Crippen LogP contribution in [0.1, 0.15) is 0 Å². The molecule has 5 heteroatoms. The van der Waals surface area contributed by atoms with E-state index < -0.39 is 0 Å². The molecule has 0 bridgehead atoms. The Morgan fingerprint density at radius 1 is 0.800 bits per heavy atom. The first-order chi connectivity index (χ1) is 7.24. The molecule has 3 nitrogen and oxygen atoms in total. The average Bonchev–Trinajstić information content (AvgIpc) is 2.17. The summed E-state index contributed by atoms with van der Waals surface area (Å²) in [5, 5.41) is 0. The van der Waals surface area contributed by atoms with E-state index in [1.54, 1.807) is 24.8 Å². The quantitative estimate of drug-likeness (QED) is 0.840. The molecule has 0 spiro atoms. The van der Waals surface area contributed by atoms with Crippen molar-refractivity contribution in [2.75, 3.05) is 0 Å². The SMILES string of the molecule is Brc1cncc(Oc2cncc(Br)c2)c1. The molecular weight excluding hydrogens is 324 g/mol. The van der Waals surface area contributed by atoms with E-state index in [1.807, 2.05) is 12.1 Å². The normalized spacial score (nSPS) is 10.0. The number of rotatable bonds is 2. The van der Waals surface area contributed by atoms with E-state index in [4.69, 9.17) is 4.74 Å². The van der Waals surface area contributed by atoms with Crippen molar-refractivity contribution in [2.24, 2.45) is 0 Å². The van der Waals surface area contributed by atoms with Crippen molar-refractivity contribution in [1.29, 1.82) is 0 Å². The maximum Gasteiger partial charge on any atom is 0.146 e. The molecule has 15 heavy (non-hydrogen) atoms. The summed E-state index contributed by atoms with van der Waals surface area (Å²) in [5.41, 5.74) is 0. The summed E-state index contributed by atoms with van der Waals surface area (Å²) in [6.07, 6.45) is 6.69. The average molecular weight is 330 g/mol. The Kier molecular flexibility index (Phi) is 3.33. The molecule has 0 aliphatic heterocycles. The highest BCUT2D eigenvalue weighted by atomic mass is 79.9. The lowest BCUT2D eigenvalue weighted by molar-refractivity contribution is 0.477. The topological polar surface area (TPSA) is 35.0 Å². The summed E-state index contributed by atoms with van der Waals surface area (Å²) in [5.74, 6) is 1.34. The Labute approximate surface area is 104 Å². The number of hydrogen-bond acceptors (Lipinski definition) is 3.